The summed E-state index contributed by atoms with van der Waals surface area (Å²) in [6.45, 7) is 7.58. The number of aromatic hydroxyl groups is 1. The summed E-state index contributed by atoms with van der Waals surface area (Å²) >= 11 is 0. The van der Waals surface area contributed by atoms with Crippen LogP contribution in [-0.4, -0.2) is 17.8 Å². The molecule has 0 radical (unpaired) electrons. The van der Waals surface area contributed by atoms with Gasteiger partial charge in [0.1, 0.15) is 0 Å². The van der Waals surface area contributed by atoms with Gasteiger partial charge in [-0.25, -0.2) is 0 Å². The van der Waals surface area contributed by atoms with E-state index in [1.807, 2.05) is 19.1 Å². The van der Waals surface area contributed by atoms with Gasteiger partial charge in [-0.1, -0.05) is 13.0 Å². The Kier molecular flexibility index (Phi) is 5.12. The molecule has 0 unspecified atom stereocenters. The summed E-state index contributed by atoms with van der Waals surface area (Å²) in [4.78, 5) is 0. The summed E-state index contributed by atoms with van der Waals surface area (Å²) in [7, 11) is 0. The molecule has 0 bridgehead atoms. The van der Waals surface area contributed by atoms with Crippen molar-refractivity contribution in [1.82, 2.24) is 5.32 Å². The zero-order chi connectivity index (χ0) is 12.0. The molecule has 1 atom stereocenters. The number of phenols is 1. The minimum Gasteiger partial charge on any atom is -0.504 e. The van der Waals surface area contributed by atoms with Gasteiger partial charge in [0.2, 0.25) is 0 Å². The van der Waals surface area contributed by atoms with E-state index in [2.05, 4.69) is 19.2 Å². The van der Waals surface area contributed by atoms with Gasteiger partial charge < -0.3 is 15.2 Å². The minimum atomic E-state index is 0.203. The van der Waals surface area contributed by atoms with E-state index in [0.29, 0.717) is 18.4 Å². The van der Waals surface area contributed by atoms with Crippen LogP contribution in [0.4, 0.5) is 0 Å². The smallest absolute Gasteiger partial charge is 0.161 e. The van der Waals surface area contributed by atoms with Gasteiger partial charge in [0.15, 0.2) is 11.5 Å². The van der Waals surface area contributed by atoms with Crippen molar-refractivity contribution in [2.24, 2.45) is 0 Å². The molecule has 0 aliphatic heterocycles. The number of hydrogen-bond donors (Lipinski definition) is 2. The topological polar surface area (TPSA) is 41.5 Å². The minimum absolute atomic E-state index is 0.203. The van der Waals surface area contributed by atoms with Crippen LogP contribution >= 0.6 is 0 Å². The van der Waals surface area contributed by atoms with E-state index in [9.17, 15) is 5.11 Å². The van der Waals surface area contributed by atoms with Crippen LogP contribution in [0.5, 0.6) is 11.5 Å². The van der Waals surface area contributed by atoms with Crippen molar-refractivity contribution in [3.63, 3.8) is 0 Å². The quantitative estimate of drug-likeness (QED) is 0.779. The largest absolute Gasteiger partial charge is 0.504 e. The summed E-state index contributed by atoms with van der Waals surface area (Å²) in [5.41, 5.74) is 1.13. The Hall–Kier alpha value is -1.22. The molecular formula is C13H21NO2. The molecule has 1 rings (SSSR count). The number of ether oxygens (including phenoxy) is 1. The van der Waals surface area contributed by atoms with Gasteiger partial charge in [-0.3, -0.25) is 0 Å². The summed E-state index contributed by atoms with van der Waals surface area (Å²) in [6.07, 6.45) is 1.11. The number of hydrogen-bond acceptors (Lipinski definition) is 3. The van der Waals surface area contributed by atoms with Crippen LogP contribution in [-0.2, 0) is 6.54 Å². The summed E-state index contributed by atoms with van der Waals surface area (Å²) in [5, 5.41) is 12.9. The second-order valence-electron chi connectivity index (χ2n) is 3.93. The fraction of sp³-hybridized carbons (Fsp3) is 0.538. The average Bonchev–Trinajstić information content (AvgIpc) is 2.30. The molecule has 0 saturated heterocycles. The van der Waals surface area contributed by atoms with Crippen molar-refractivity contribution >= 4 is 0 Å². The van der Waals surface area contributed by atoms with Crippen molar-refractivity contribution < 1.29 is 9.84 Å². The lowest BCUT2D eigenvalue weighted by molar-refractivity contribution is 0.317. The lowest BCUT2D eigenvalue weighted by Crippen LogP contribution is -2.24. The molecular weight excluding hydrogens is 202 g/mol. The average molecular weight is 223 g/mol. The molecule has 90 valence electrons. The third-order valence-corrected chi connectivity index (χ3v) is 2.59. The van der Waals surface area contributed by atoms with Gasteiger partial charge in [-0.05, 0) is 38.0 Å². The van der Waals surface area contributed by atoms with Crippen molar-refractivity contribution in [3.8, 4) is 11.5 Å². The molecule has 0 aromatic heterocycles. The molecule has 1 aromatic rings. The van der Waals surface area contributed by atoms with Crippen molar-refractivity contribution in [2.45, 2.75) is 39.8 Å². The predicted octanol–water partition coefficient (Wildman–Crippen LogP) is 2.68. The van der Waals surface area contributed by atoms with Crippen LogP contribution in [0.3, 0.4) is 0 Å². The lowest BCUT2D eigenvalue weighted by atomic mass is 10.2. The third-order valence-electron chi connectivity index (χ3n) is 2.59. The van der Waals surface area contributed by atoms with Gasteiger partial charge >= 0.3 is 0 Å². The first kappa shape index (κ1) is 12.8. The summed E-state index contributed by atoms with van der Waals surface area (Å²) < 4.78 is 5.33. The van der Waals surface area contributed by atoms with Gasteiger partial charge in [0.25, 0.3) is 0 Å². The van der Waals surface area contributed by atoms with E-state index >= 15 is 0 Å². The van der Waals surface area contributed by atoms with E-state index in [1.165, 1.54) is 0 Å². The highest BCUT2D eigenvalue weighted by molar-refractivity contribution is 5.41. The highest BCUT2D eigenvalue weighted by atomic mass is 16.5. The molecule has 2 N–H and O–H groups in total. The SMILES string of the molecule is CCOc1cc(CN[C@@H](C)CC)ccc1O. The number of rotatable bonds is 6. The van der Waals surface area contributed by atoms with Gasteiger partial charge in [-0.15, -0.1) is 0 Å². The van der Waals surface area contributed by atoms with Crippen LogP contribution in [0.2, 0.25) is 0 Å². The van der Waals surface area contributed by atoms with E-state index in [0.717, 1.165) is 18.5 Å². The fourth-order valence-electron chi connectivity index (χ4n) is 1.38. The molecule has 0 amide bonds. The normalized spacial score (nSPS) is 12.4. The second-order valence-corrected chi connectivity index (χ2v) is 3.93. The zero-order valence-corrected chi connectivity index (χ0v) is 10.3. The second kappa shape index (κ2) is 6.38. The Morgan fingerprint density at radius 3 is 2.75 bits per heavy atom. The Balaban J connectivity index is 2.63. The van der Waals surface area contributed by atoms with E-state index in [1.54, 1.807) is 6.07 Å². The first-order valence-corrected chi connectivity index (χ1v) is 5.85. The molecule has 0 fully saturated rings. The number of nitrogens with one attached hydrogen (secondary N) is 1. The van der Waals surface area contributed by atoms with Gasteiger partial charge in [-0.2, -0.15) is 0 Å². The van der Waals surface area contributed by atoms with E-state index in [4.69, 9.17) is 4.74 Å². The number of phenolic OH excluding ortho intramolecular Hbond substituents is 1. The summed E-state index contributed by atoms with van der Waals surface area (Å²) in [6, 6.07) is 5.98. The van der Waals surface area contributed by atoms with Crippen molar-refractivity contribution in [3.05, 3.63) is 23.8 Å². The lowest BCUT2D eigenvalue weighted by Gasteiger charge is -2.12. The molecule has 0 heterocycles. The Morgan fingerprint density at radius 2 is 2.12 bits per heavy atom. The van der Waals surface area contributed by atoms with E-state index < -0.39 is 0 Å². The monoisotopic (exact) mass is 223 g/mol. The maximum absolute atomic E-state index is 9.54. The van der Waals surface area contributed by atoms with Crippen LogP contribution in [0.1, 0.15) is 32.8 Å². The van der Waals surface area contributed by atoms with Gasteiger partial charge in [0, 0.05) is 12.6 Å². The first-order valence-electron chi connectivity index (χ1n) is 5.85. The Bertz CT molecular complexity index is 326. The maximum Gasteiger partial charge on any atom is 0.161 e. The van der Waals surface area contributed by atoms with Crippen molar-refractivity contribution in [2.75, 3.05) is 6.61 Å². The standard InChI is InChI=1S/C13H21NO2/c1-4-10(3)14-9-11-6-7-12(15)13(8-11)16-5-2/h6-8,10,14-15H,4-5,9H2,1-3H3/t10-/m0/s1. The molecule has 3 nitrogen and oxygen atoms in total. The third kappa shape index (κ3) is 3.74. The predicted molar refractivity (Wildman–Crippen MR) is 65.9 cm³/mol. The van der Waals surface area contributed by atoms with Crippen LogP contribution in [0.25, 0.3) is 0 Å². The fourth-order valence-corrected chi connectivity index (χ4v) is 1.38. The molecule has 0 aliphatic carbocycles. The molecule has 1 aromatic carbocycles. The summed E-state index contributed by atoms with van der Waals surface area (Å²) in [5.74, 6) is 0.764. The van der Waals surface area contributed by atoms with E-state index in [-0.39, 0.29) is 5.75 Å². The van der Waals surface area contributed by atoms with Crippen LogP contribution < -0.4 is 10.1 Å². The number of benzene rings is 1. The first-order chi connectivity index (χ1) is 7.67. The Morgan fingerprint density at radius 1 is 1.38 bits per heavy atom. The molecule has 0 spiro atoms. The van der Waals surface area contributed by atoms with Crippen LogP contribution in [0.15, 0.2) is 18.2 Å². The van der Waals surface area contributed by atoms with Gasteiger partial charge in [0.05, 0.1) is 6.61 Å². The zero-order valence-electron chi connectivity index (χ0n) is 10.3. The molecule has 0 saturated carbocycles. The molecule has 0 aliphatic rings. The van der Waals surface area contributed by atoms with Crippen molar-refractivity contribution in [1.29, 1.82) is 0 Å². The maximum atomic E-state index is 9.54. The van der Waals surface area contributed by atoms with Crippen LogP contribution in [0, 0.1) is 0 Å². The highest BCUT2D eigenvalue weighted by Crippen LogP contribution is 2.26. The highest BCUT2D eigenvalue weighted by Gasteiger charge is 2.04. The molecule has 3 heteroatoms. The Labute approximate surface area is 97.4 Å². The molecule has 16 heavy (non-hydrogen) atoms.